The Bertz CT molecular complexity index is 508. The third-order valence-electron chi connectivity index (χ3n) is 2.22. The lowest BCUT2D eigenvalue weighted by Gasteiger charge is -2.12. The zero-order chi connectivity index (χ0) is 15.0. The number of carbonyl (C=O) groups is 1. The van der Waals surface area contributed by atoms with Gasteiger partial charge in [-0.1, -0.05) is 22.0 Å². The molecule has 0 bridgehead atoms. The van der Waals surface area contributed by atoms with Crippen molar-refractivity contribution in [3.8, 4) is 5.75 Å². The summed E-state index contributed by atoms with van der Waals surface area (Å²) in [5, 5.41) is 3.14. The number of benzene rings is 1. The van der Waals surface area contributed by atoms with Gasteiger partial charge in [0.05, 0.1) is 0 Å². The first kappa shape index (κ1) is 16.5. The summed E-state index contributed by atoms with van der Waals surface area (Å²) in [6.07, 6.45) is 1.66. The van der Waals surface area contributed by atoms with Crippen LogP contribution in [0.25, 0.3) is 0 Å². The van der Waals surface area contributed by atoms with Gasteiger partial charge < -0.3 is 10.1 Å². The summed E-state index contributed by atoms with van der Waals surface area (Å²) in [6, 6.07) is 5.57. The van der Waals surface area contributed by atoms with Gasteiger partial charge in [0.1, 0.15) is 5.75 Å². The fraction of sp³-hybridized carbons (Fsp3) is 0.231. The predicted molar refractivity (Wildman–Crippen MR) is 86.5 cm³/mol. The van der Waals surface area contributed by atoms with Crippen molar-refractivity contribution >= 4 is 39.2 Å². The minimum atomic E-state index is -0.324. The van der Waals surface area contributed by atoms with E-state index in [1.54, 1.807) is 12.1 Å². The van der Waals surface area contributed by atoms with E-state index in [0.717, 1.165) is 10.0 Å². The topological polar surface area (TPSA) is 62.4 Å². The molecular weight excluding hydrogens is 342 g/mol. The van der Waals surface area contributed by atoms with E-state index in [0.29, 0.717) is 17.4 Å². The quantitative estimate of drug-likeness (QED) is 0.426. The maximum Gasteiger partial charge on any atom is 0.276 e. The summed E-state index contributed by atoms with van der Waals surface area (Å²) in [7, 11) is 0. The molecule has 5 nitrogen and oxygen atoms in total. The Hall–Kier alpha value is -1.60. The normalized spacial score (nSPS) is 9.50. The van der Waals surface area contributed by atoms with E-state index < -0.39 is 0 Å². The van der Waals surface area contributed by atoms with Crippen LogP contribution < -0.4 is 20.9 Å². The molecule has 0 heterocycles. The molecule has 0 aliphatic rings. The molecule has 1 aromatic carbocycles. The number of thiocarbonyl (C=S) groups is 1. The highest BCUT2D eigenvalue weighted by Gasteiger charge is 2.05. The molecule has 0 radical (unpaired) electrons. The lowest BCUT2D eigenvalue weighted by Crippen LogP contribution is -2.48. The van der Waals surface area contributed by atoms with Crippen molar-refractivity contribution < 1.29 is 9.53 Å². The highest BCUT2D eigenvalue weighted by Crippen LogP contribution is 2.21. The first-order chi connectivity index (χ1) is 9.52. The zero-order valence-corrected chi connectivity index (χ0v) is 13.4. The van der Waals surface area contributed by atoms with Crippen molar-refractivity contribution in [2.24, 2.45) is 0 Å². The van der Waals surface area contributed by atoms with E-state index in [2.05, 4.69) is 38.7 Å². The van der Waals surface area contributed by atoms with Gasteiger partial charge in [-0.25, -0.2) is 0 Å². The van der Waals surface area contributed by atoms with Crippen LogP contribution in [0.3, 0.4) is 0 Å². The van der Waals surface area contributed by atoms with E-state index in [1.165, 1.54) is 0 Å². The Labute approximate surface area is 131 Å². The second-order valence-corrected chi connectivity index (χ2v) is 5.19. The van der Waals surface area contributed by atoms with E-state index in [4.69, 9.17) is 17.0 Å². The minimum Gasteiger partial charge on any atom is -0.483 e. The number of carbonyl (C=O) groups excluding carboxylic acids is 1. The lowest BCUT2D eigenvalue weighted by atomic mass is 10.2. The van der Waals surface area contributed by atoms with Crippen LogP contribution in [0, 0.1) is 6.92 Å². The molecule has 108 valence electrons. The average Bonchev–Trinajstić information content (AvgIpc) is 2.41. The zero-order valence-electron chi connectivity index (χ0n) is 11.0. The molecular formula is C13H16BrN3O2S. The van der Waals surface area contributed by atoms with Crippen LogP contribution in [-0.4, -0.2) is 24.2 Å². The molecule has 0 aliphatic carbocycles. The molecule has 20 heavy (non-hydrogen) atoms. The Morgan fingerprint density at radius 1 is 1.50 bits per heavy atom. The summed E-state index contributed by atoms with van der Waals surface area (Å²) < 4.78 is 6.38. The molecule has 0 fully saturated rings. The predicted octanol–water partition coefficient (Wildman–Crippen LogP) is 1.82. The van der Waals surface area contributed by atoms with Gasteiger partial charge in [0.2, 0.25) is 0 Å². The van der Waals surface area contributed by atoms with E-state index in [-0.39, 0.29) is 12.5 Å². The summed E-state index contributed by atoms with van der Waals surface area (Å²) in [4.78, 5) is 11.6. The van der Waals surface area contributed by atoms with Gasteiger partial charge in [-0.2, -0.15) is 0 Å². The molecule has 0 saturated carbocycles. The Balaban J connectivity index is 2.32. The van der Waals surface area contributed by atoms with Crippen LogP contribution >= 0.6 is 28.1 Å². The Morgan fingerprint density at radius 3 is 2.90 bits per heavy atom. The standard InChI is InChI=1S/C13H16BrN3O2S/c1-3-6-15-13(20)17-16-12(18)8-19-11-5-4-10(14)7-9(11)2/h3-5,7H,1,6,8H2,2H3,(H,16,18)(H2,15,17,20). The number of aryl methyl sites for hydroxylation is 1. The molecule has 0 saturated heterocycles. The molecule has 0 aliphatic heterocycles. The highest BCUT2D eigenvalue weighted by atomic mass is 79.9. The third kappa shape index (κ3) is 6.03. The minimum absolute atomic E-state index is 0.0977. The van der Waals surface area contributed by atoms with Gasteiger partial charge in [-0.3, -0.25) is 15.6 Å². The maximum absolute atomic E-state index is 11.6. The number of amides is 1. The monoisotopic (exact) mass is 357 g/mol. The Morgan fingerprint density at radius 2 is 2.25 bits per heavy atom. The molecule has 1 amide bonds. The van der Waals surface area contributed by atoms with E-state index >= 15 is 0 Å². The van der Waals surface area contributed by atoms with Gasteiger partial charge in [-0.05, 0) is 42.9 Å². The first-order valence-electron chi connectivity index (χ1n) is 5.85. The second-order valence-electron chi connectivity index (χ2n) is 3.87. The van der Waals surface area contributed by atoms with Gasteiger partial charge in [0.15, 0.2) is 11.7 Å². The van der Waals surface area contributed by atoms with Crippen molar-refractivity contribution in [3.05, 3.63) is 40.9 Å². The van der Waals surface area contributed by atoms with Crippen molar-refractivity contribution in [3.63, 3.8) is 0 Å². The second kappa shape index (κ2) is 8.55. The molecule has 7 heteroatoms. The maximum atomic E-state index is 11.6. The van der Waals surface area contributed by atoms with E-state index in [9.17, 15) is 4.79 Å². The van der Waals surface area contributed by atoms with Crippen molar-refractivity contribution in [2.75, 3.05) is 13.2 Å². The summed E-state index contributed by atoms with van der Waals surface area (Å²) in [5.41, 5.74) is 5.94. The SMILES string of the molecule is C=CCNC(=S)NNC(=O)COc1ccc(Br)cc1C. The first-order valence-corrected chi connectivity index (χ1v) is 7.05. The molecule has 1 rings (SSSR count). The molecule has 0 unspecified atom stereocenters. The molecule has 0 aromatic heterocycles. The number of nitrogens with one attached hydrogen (secondary N) is 3. The molecule has 3 N–H and O–H groups in total. The van der Waals surface area contributed by atoms with Gasteiger partial charge >= 0.3 is 0 Å². The van der Waals surface area contributed by atoms with Gasteiger partial charge in [-0.15, -0.1) is 6.58 Å². The van der Waals surface area contributed by atoms with Crippen LogP contribution in [0.1, 0.15) is 5.56 Å². The largest absolute Gasteiger partial charge is 0.483 e. The van der Waals surface area contributed by atoms with Crippen LogP contribution in [0.2, 0.25) is 0 Å². The number of rotatable bonds is 5. The number of hydrazine groups is 1. The number of ether oxygens (including phenoxy) is 1. The van der Waals surface area contributed by atoms with Crippen LogP contribution in [0.15, 0.2) is 35.3 Å². The third-order valence-corrected chi connectivity index (χ3v) is 2.96. The van der Waals surface area contributed by atoms with E-state index in [1.807, 2.05) is 19.1 Å². The van der Waals surface area contributed by atoms with Crippen molar-refractivity contribution in [1.29, 1.82) is 0 Å². The number of halogens is 1. The molecule has 0 spiro atoms. The lowest BCUT2D eigenvalue weighted by molar-refractivity contribution is -0.123. The fourth-order valence-electron chi connectivity index (χ4n) is 1.29. The smallest absolute Gasteiger partial charge is 0.276 e. The summed E-state index contributed by atoms with van der Waals surface area (Å²) >= 11 is 8.28. The van der Waals surface area contributed by atoms with Crippen molar-refractivity contribution in [1.82, 2.24) is 16.2 Å². The highest BCUT2D eigenvalue weighted by molar-refractivity contribution is 9.10. The summed E-state index contributed by atoms with van der Waals surface area (Å²) in [5.74, 6) is 0.339. The number of hydrogen-bond acceptors (Lipinski definition) is 3. The average molecular weight is 358 g/mol. The molecule has 1 aromatic rings. The Kier molecular flexibility index (Phi) is 7.03. The van der Waals surface area contributed by atoms with Crippen molar-refractivity contribution in [2.45, 2.75) is 6.92 Å². The van der Waals surface area contributed by atoms with Gasteiger partial charge in [0.25, 0.3) is 5.91 Å². The fourth-order valence-corrected chi connectivity index (χ4v) is 1.90. The van der Waals surface area contributed by atoms with Gasteiger partial charge in [0, 0.05) is 11.0 Å². The van der Waals surface area contributed by atoms with Crippen LogP contribution in [-0.2, 0) is 4.79 Å². The van der Waals surface area contributed by atoms with Crippen LogP contribution in [0.5, 0.6) is 5.75 Å². The number of hydrogen-bond donors (Lipinski definition) is 3. The van der Waals surface area contributed by atoms with Crippen LogP contribution in [0.4, 0.5) is 0 Å². The molecule has 0 atom stereocenters. The summed E-state index contributed by atoms with van der Waals surface area (Å²) in [6.45, 7) is 5.88.